The smallest absolute Gasteiger partial charge is 0.110 e. The largest absolute Gasteiger partial charge is 0.466 e. The zero-order valence-electron chi connectivity index (χ0n) is 7.09. The standard InChI is InChI=1S/C9H10N2O/c1-6-5-8(7(2)12-6)9-3-4-10-11-9/h3-5H,1-2H3,(H,10,11). The molecule has 2 aromatic heterocycles. The fourth-order valence-corrected chi connectivity index (χ4v) is 1.30. The molecule has 0 aliphatic carbocycles. The lowest BCUT2D eigenvalue weighted by Crippen LogP contribution is -1.76. The Bertz CT molecular complexity index is 373. The van der Waals surface area contributed by atoms with Gasteiger partial charge < -0.3 is 4.42 Å². The summed E-state index contributed by atoms with van der Waals surface area (Å²) in [5.74, 6) is 1.86. The fourth-order valence-electron chi connectivity index (χ4n) is 1.30. The van der Waals surface area contributed by atoms with Gasteiger partial charge in [-0.3, -0.25) is 5.10 Å². The zero-order valence-corrected chi connectivity index (χ0v) is 7.09. The second-order valence-electron chi connectivity index (χ2n) is 2.80. The lowest BCUT2D eigenvalue weighted by atomic mass is 10.2. The lowest BCUT2D eigenvalue weighted by molar-refractivity contribution is 0.505. The predicted octanol–water partition coefficient (Wildman–Crippen LogP) is 2.29. The van der Waals surface area contributed by atoms with E-state index in [0.29, 0.717) is 0 Å². The molecular formula is C9H10N2O. The van der Waals surface area contributed by atoms with Gasteiger partial charge in [-0.15, -0.1) is 0 Å². The number of furan rings is 1. The molecule has 2 aromatic rings. The maximum Gasteiger partial charge on any atom is 0.110 e. The van der Waals surface area contributed by atoms with E-state index < -0.39 is 0 Å². The second kappa shape index (κ2) is 2.52. The van der Waals surface area contributed by atoms with Crippen molar-refractivity contribution in [3.63, 3.8) is 0 Å². The fraction of sp³-hybridized carbons (Fsp3) is 0.222. The number of aromatic nitrogens is 2. The summed E-state index contributed by atoms with van der Waals surface area (Å²) in [5.41, 5.74) is 2.09. The number of aryl methyl sites for hydroxylation is 2. The molecule has 0 amide bonds. The third-order valence-electron chi connectivity index (χ3n) is 1.83. The van der Waals surface area contributed by atoms with E-state index in [1.165, 1.54) is 0 Å². The van der Waals surface area contributed by atoms with Crippen LogP contribution >= 0.6 is 0 Å². The molecule has 3 nitrogen and oxygen atoms in total. The number of nitrogens with zero attached hydrogens (tertiary/aromatic N) is 1. The number of hydrogen-bond donors (Lipinski definition) is 1. The number of aromatic amines is 1. The molecular weight excluding hydrogens is 152 g/mol. The van der Waals surface area contributed by atoms with Crippen molar-refractivity contribution in [2.24, 2.45) is 0 Å². The summed E-state index contributed by atoms with van der Waals surface area (Å²) in [5, 5.41) is 6.78. The highest BCUT2D eigenvalue weighted by molar-refractivity contribution is 5.61. The summed E-state index contributed by atoms with van der Waals surface area (Å²) in [7, 11) is 0. The van der Waals surface area contributed by atoms with Gasteiger partial charge >= 0.3 is 0 Å². The highest BCUT2D eigenvalue weighted by Crippen LogP contribution is 2.23. The Balaban J connectivity index is 2.54. The molecule has 0 radical (unpaired) electrons. The van der Waals surface area contributed by atoms with Crippen molar-refractivity contribution in [3.05, 3.63) is 29.9 Å². The van der Waals surface area contributed by atoms with Crippen LogP contribution in [-0.2, 0) is 0 Å². The molecule has 62 valence electrons. The Kier molecular flexibility index (Phi) is 1.50. The minimum Gasteiger partial charge on any atom is -0.466 e. The molecule has 0 saturated heterocycles. The van der Waals surface area contributed by atoms with Crippen LogP contribution in [0.5, 0.6) is 0 Å². The van der Waals surface area contributed by atoms with Gasteiger partial charge in [-0.25, -0.2) is 0 Å². The van der Waals surface area contributed by atoms with Crippen LogP contribution in [0.3, 0.4) is 0 Å². The van der Waals surface area contributed by atoms with E-state index in [1.54, 1.807) is 6.20 Å². The number of nitrogens with one attached hydrogen (secondary N) is 1. The molecule has 0 bridgehead atoms. The Labute approximate surface area is 70.4 Å². The average molecular weight is 162 g/mol. The van der Waals surface area contributed by atoms with E-state index >= 15 is 0 Å². The van der Waals surface area contributed by atoms with Crippen LogP contribution in [0.15, 0.2) is 22.7 Å². The van der Waals surface area contributed by atoms with Gasteiger partial charge in [0.25, 0.3) is 0 Å². The molecule has 0 atom stereocenters. The van der Waals surface area contributed by atoms with E-state index in [-0.39, 0.29) is 0 Å². The molecule has 2 heterocycles. The van der Waals surface area contributed by atoms with E-state index in [9.17, 15) is 0 Å². The first-order chi connectivity index (χ1) is 5.77. The predicted molar refractivity (Wildman–Crippen MR) is 45.8 cm³/mol. The van der Waals surface area contributed by atoms with Gasteiger partial charge in [0.15, 0.2) is 0 Å². The van der Waals surface area contributed by atoms with Gasteiger partial charge in [0, 0.05) is 11.8 Å². The molecule has 0 spiro atoms. The van der Waals surface area contributed by atoms with E-state index in [4.69, 9.17) is 4.42 Å². The Morgan fingerprint density at radius 2 is 2.25 bits per heavy atom. The van der Waals surface area contributed by atoms with Gasteiger partial charge in [0.2, 0.25) is 0 Å². The molecule has 0 aliphatic rings. The van der Waals surface area contributed by atoms with Gasteiger partial charge in [-0.1, -0.05) is 0 Å². The average Bonchev–Trinajstić information content (AvgIpc) is 2.58. The van der Waals surface area contributed by atoms with Crippen molar-refractivity contribution in [1.29, 1.82) is 0 Å². The first kappa shape index (κ1) is 7.16. The summed E-state index contributed by atoms with van der Waals surface area (Å²) in [4.78, 5) is 0. The van der Waals surface area contributed by atoms with Crippen LogP contribution in [0, 0.1) is 13.8 Å². The normalized spacial score (nSPS) is 10.5. The first-order valence-electron chi connectivity index (χ1n) is 3.84. The Hall–Kier alpha value is -1.51. The summed E-state index contributed by atoms with van der Waals surface area (Å²) in [6, 6.07) is 3.93. The van der Waals surface area contributed by atoms with Crippen molar-refractivity contribution in [2.75, 3.05) is 0 Å². The van der Waals surface area contributed by atoms with Crippen molar-refractivity contribution in [1.82, 2.24) is 10.2 Å². The lowest BCUT2D eigenvalue weighted by Gasteiger charge is -1.90. The summed E-state index contributed by atoms with van der Waals surface area (Å²) >= 11 is 0. The van der Waals surface area contributed by atoms with E-state index in [0.717, 1.165) is 22.8 Å². The third-order valence-corrected chi connectivity index (χ3v) is 1.83. The van der Waals surface area contributed by atoms with Gasteiger partial charge in [-0.05, 0) is 26.0 Å². The summed E-state index contributed by atoms with van der Waals surface area (Å²) < 4.78 is 5.39. The third kappa shape index (κ3) is 1.03. The topological polar surface area (TPSA) is 41.8 Å². The maximum atomic E-state index is 5.39. The van der Waals surface area contributed by atoms with E-state index in [1.807, 2.05) is 26.0 Å². The quantitative estimate of drug-likeness (QED) is 0.699. The van der Waals surface area contributed by atoms with Crippen LogP contribution in [0.25, 0.3) is 11.3 Å². The molecule has 0 aliphatic heterocycles. The summed E-state index contributed by atoms with van der Waals surface area (Å²) in [6.07, 6.45) is 1.73. The van der Waals surface area contributed by atoms with Crippen LogP contribution in [-0.4, -0.2) is 10.2 Å². The van der Waals surface area contributed by atoms with Crippen LogP contribution in [0.1, 0.15) is 11.5 Å². The van der Waals surface area contributed by atoms with Crippen LogP contribution in [0.4, 0.5) is 0 Å². The molecule has 0 aromatic carbocycles. The van der Waals surface area contributed by atoms with Crippen LogP contribution in [0.2, 0.25) is 0 Å². The van der Waals surface area contributed by atoms with Crippen molar-refractivity contribution >= 4 is 0 Å². The van der Waals surface area contributed by atoms with Gasteiger partial charge in [0.05, 0.1) is 5.69 Å². The monoisotopic (exact) mass is 162 g/mol. The molecule has 0 saturated carbocycles. The highest BCUT2D eigenvalue weighted by atomic mass is 16.3. The molecule has 12 heavy (non-hydrogen) atoms. The SMILES string of the molecule is Cc1cc(-c2ccn[nH]2)c(C)o1. The maximum absolute atomic E-state index is 5.39. The Morgan fingerprint density at radius 3 is 2.75 bits per heavy atom. The van der Waals surface area contributed by atoms with Crippen molar-refractivity contribution in [2.45, 2.75) is 13.8 Å². The second-order valence-corrected chi connectivity index (χ2v) is 2.80. The number of H-pyrrole nitrogens is 1. The summed E-state index contributed by atoms with van der Waals surface area (Å²) in [6.45, 7) is 3.88. The molecule has 3 heteroatoms. The Morgan fingerprint density at radius 1 is 1.42 bits per heavy atom. The minimum absolute atomic E-state index is 0.928. The van der Waals surface area contributed by atoms with Crippen molar-refractivity contribution < 1.29 is 4.42 Å². The molecule has 1 N–H and O–H groups in total. The van der Waals surface area contributed by atoms with Gasteiger partial charge in [0.1, 0.15) is 11.5 Å². The van der Waals surface area contributed by atoms with E-state index in [2.05, 4.69) is 10.2 Å². The van der Waals surface area contributed by atoms with Gasteiger partial charge in [-0.2, -0.15) is 5.10 Å². The molecule has 0 unspecified atom stereocenters. The molecule has 0 fully saturated rings. The zero-order chi connectivity index (χ0) is 8.55. The van der Waals surface area contributed by atoms with Crippen LogP contribution < -0.4 is 0 Å². The first-order valence-corrected chi connectivity index (χ1v) is 3.84. The highest BCUT2D eigenvalue weighted by Gasteiger charge is 2.06. The molecule has 2 rings (SSSR count). The number of rotatable bonds is 1. The van der Waals surface area contributed by atoms with Crippen molar-refractivity contribution in [3.8, 4) is 11.3 Å². The number of hydrogen-bond acceptors (Lipinski definition) is 2. The minimum atomic E-state index is 0.928.